The number of nitrogens with one attached hydrogen (secondary N) is 1. The Morgan fingerprint density at radius 2 is 2.03 bits per heavy atom. The molecule has 2 aromatic carbocycles. The average Bonchev–Trinajstić information content (AvgIpc) is 3.49. The highest BCUT2D eigenvalue weighted by molar-refractivity contribution is 9.10. The Morgan fingerprint density at radius 3 is 2.90 bits per heavy atom. The number of aromatic nitrogens is 3. The normalized spacial score (nSPS) is 12.2. The Kier molecular flexibility index (Phi) is 4.91. The molecule has 10 heteroatoms. The first kappa shape index (κ1) is 19.3. The van der Waals surface area contributed by atoms with Crippen LogP contribution in [0.5, 0.6) is 11.5 Å². The Hall–Kier alpha value is -3.66. The van der Waals surface area contributed by atoms with Gasteiger partial charge in [0.15, 0.2) is 11.5 Å². The zero-order valence-electron chi connectivity index (χ0n) is 15.8. The minimum absolute atomic E-state index is 0.0383. The molecule has 156 valence electrons. The summed E-state index contributed by atoms with van der Waals surface area (Å²) in [6.45, 7) is 0.205. The molecule has 0 aliphatic carbocycles. The van der Waals surface area contributed by atoms with E-state index in [9.17, 15) is 9.18 Å². The summed E-state index contributed by atoms with van der Waals surface area (Å²) in [4.78, 5) is 16.9. The fraction of sp³-hybridized carbons (Fsp3) is 0.0952. The minimum atomic E-state index is -0.380. The van der Waals surface area contributed by atoms with Crippen LogP contribution in [0.25, 0.3) is 23.0 Å². The number of hydrogen-bond donors (Lipinski definition) is 1. The van der Waals surface area contributed by atoms with Crippen LogP contribution in [0.2, 0.25) is 0 Å². The topological polar surface area (TPSA) is 91.4 Å². The first-order valence-corrected chi connectivity index (χ1v) is 10.0. The van der Waals surface area contributed by atoms with Gasteiger partial charge >= 0.3 is 0 Å². The molecule has 8 nitrogen and oxygen atoms in total. The van der Waals surface area contributed by atoms with E-state index in [0.717, 1.165) is 0 Å². The van der Waals surface area contributed by atoms with Gasteiger partial charge in [-0.25, -0.2) is 4.39 Å². The van der Waals surface area contributed by atoms with Crippen molar-refractivity contribution in [3.8, 4) is 34.5 Å². The van der Waals surface area contributed by atoms with E-state index in [0.29, 0.717) is 38.7 Å². The minimum Gasteiger partial charge on any atom is -0.454 e. The number of anilines is 1. The molecule has 1 aliphatic rings. The molecule has 3 heterocycles. The summed E-state index contributed by atoms with van der Waals surface area (Å²) < 4.78 is 31.4. The van der Waals surface area contributed by atoms with Crippen LogP contribution in [0.3, 0.4) is 0 Å². The maximum atomic E-state index is 13.5. The van der Waals surface area contributed by atoms with Crippen molar-refractivity contribution < 1.29 is 23.2 Å². The fourth-order valence-electron chi connectivity index (χ4n) is 3.16. The number of carbonyl (C=O) groups is 1. The Morgan fingerprint density at radius 1 is 1.16 bits per heavy atom. The summed E-state index contributed by atoms with van der Waals surface area (Å²) in [5.41, 5.74) is 1.78. The molecular formula is C21H14BrFN4O4. The fourth-order valence-corrected chi connectivity index (χ4v) is 3.53. The molecule has 0 radical (unpaired) electrons. The van der Waals surface area contributed by atoms with Crippen molar-refractivity contribution in [1.82, 2.24) is 14.7 Å². The number of amides is 1. The van der Waals surface area contributed by atoms with Gasteiger partial charge in [0.2, 0.25) is 18.5 Å². The van der Waals surface area contributed by atoms with Crippen molar-refractivity contribution >= 4 is 27.5 Å². The van der Waals surface area contributed by atoms with Crippen molar-refractivity contribution in [3.63, 3.8) is 0 Å². The summed E-state index contributed by atoms with van der Waals surface area (Å²) in [6.07, 6.45) is 1.74. The molecule has 0 spiro atoms. The number of carbonyl (C=O) groups excluding carboxylic acids is 1. The summed E-state index contributed by atoms with van der Waals surface area (Å²) in [5.74, 6) is 1.18. The molecule has 1 aliphatic heterocycles. The third-order valence-electron chi connectivity index (χ3n) is 4.62. The predicted octanol–water partition coefficient (Wildman–Crippen LogP) is 4.47. The molecule has 0 atom stereocenters. The summed E-state index contributed by atoms with van der Waals surface area (Å²) in [7, 11) is 0. The quantitative estimate of drug-likeness (QED) is 0.449. The summed E-state index contributed by atoms with van der Waals surface area (Å²) >= 11 is 3.15. The van der Waals surface area contributed by atoms with Crippen molar-refractivity contribution in [1.29, 1.82) is 0 Å². The SMILES string of the molecule is O=C(Cn1cccc1-c1nc(-c2ccc(F)c(Br)c2)no1)Nc1ccc2c(c1)OCO2. The van der Waals surface area contributed by atoms with Crippen LogP contribution < -0.4 is 14.8 Å². The molecule has 4 aromatic rings. The first-order valence-electron chi connectivity index (χ1n) is 9.21. The third-order valence-corrected chi connectivity index (χ3v) is 5.23. The molecule has 0 saturated heterocycles. The van der Waals surface area contributed by atoms with Gasteiger partial charge in [0.25, 0.3) is 5.89 Å². The second-order valence-electron chi connectivity index (χ2n) is 6.69. The maximum absolute atomic E-state index is 13.5. The van der Waals surface area contributed by atoms with E-state index in [-0.39, 0.29) is 31.0 Å². The second kappa shape index (κ2) is 7.88. The number of rotatable bonds is 5. The first-order chi connectivity index (χ1) is 15.1. The van der Waals surface area contributed by atoms with Crippen LogP contribution in [0.4, 0.5) is 10.1 Å². The molecule has 1 amide bonds. The second-order valence-corrected chi connectivity index (χ2v) is 7.54. The standard InChI is InChI=1S/C21H14BrFN4O4/c22-14-8-12(3-5-15(14)23)20-25-21(31-26-20)16-2-1-7-27(16)10-19(28)24-13-4-6-17-18(9-13)30-11-29-17/h1-9H,10-11H2,(H,24,28). The monoisotopic (exact) mass is 484 g/mol. The molecule has 0 saturated carbocycles. The van der Waals surface area contributed by atoms with Crippen molar-refractivity contribution in [2.75, 3.05) is 12.1 Å². The smallest absolute Gasteiger partial charge is 0.274 e. The molecule has 5 rings (SSSR count). The molecular weight excluding hydrogens is 471 g/mol. The predicted molar refractivity (Wildman–Crippen MR) is 112 cm³/mol. The Bertz CT molecular complexity index is 1290. The molecule has 0 bridgehead atoms. The summed E-state index contributed by atoms with van der Waals surface area (Å²) in [6, 6.07) is 13.2. The van der Waals surface area contributed by atoms with Gasteiger partial charge in [-0.3, -0.25) is 4.79 Å². The van der Waals surface area contributed by atoms with Crippen LogP contribution >= 0.6 is 15.9 Å². The Labute approximate surface area is 183 Å². The van der Waals surface area contributed by atoms with E-state index in [1.807, 2.05) is 0 Å². The van der Waals surface area contributed by atoms with Crippen LogP contribution in [0.15, 0.2) is 63.7 Å². The number of hydrogen-bond acceptors (Lipinski definition) is 6. The highest BCUT2D eigenvalue weighted by Gasteiger charge is 2.17. The van der Waals surface area contributed by atoms with Gasteiger partial charge in [0.1, 0.15) is 18.1 Å². The van der Waals surface area contributed by atoms with Crippen molar-refractivity contribution in [2.24, 2.45) is 0 Å². The largest absolute Gasteiger partial charge is 0.454 e. The number of fused-ring (bicyclic) bond motifs is 1. The average molecular weight is 485 g/mol. The van der Waals surface area contributed by atoms with Crippen molar-refractivity contribution in [3.05, 3.63) is 65.0 Å². The van der Waals surface area contributed by atoms with E-state index >= 15 is 0 Å². The van der Waals surface area contributed by atoms with Gasteiger partial charge in [-0.2, -0.15) is 4.98 Å². The van der Waals surface area contributed by atoms with Crippen LogP contribution in [0, 0.1) is 5.82 Å². The van der Waals surface area contributed by atoms with E-state index in [4.69, 9.17) is 14.0 Å². The van der Waals surface area contributed by atoms with Gasteiger partial charge in [0.05, 0.1) is 4.47 Å². The molecule has 31 heavy (non-hydrogen) atoms. The van der Waals surface area contributed by atoms with Gasteiger partial charge in [0, 0.05) is 23.5 Å². The van der Waals surface area contributed by atoms with Crippen molar-refractivity contribution in [2.45, 2.75) is 6.54 Å². The molecule has 2 aromatic heterocycles. The van der Waals surface area contributed by atoms with Gasteiger partial charge < -0.3 is 23.9 Å². The van der Waals surface area contributed by atoms with E-state index in [1.54, 1.807) is 53.2 Å². The molecule has 0 unspecified atom stereocenters. The lowest BCUT2D eigenvalue weighted by atomic mass is 10.2. The van der Waals surface area contributed by atoms with E-state index < -0.39 is 0 Å². The lowest BCUT2D eigenvalue weighted by Crippen LogP contribution is -2.18. The lowest BCUT2D eigenvalue weighted by Gasteiger charge is -2.08. The van der Waals surface area contributed by atoms with Gasteiger partial charge in [-0.1, -0.05) is 5.16 Å². The highest BCUT2D eigenvalue weighted by atomic mass is 79.9. The van der Waals surface area contributed by atoms with Crippen LogP contribution in [0.1, 0.15) is 0 Å². The zero-order valence-corrected chi connectivity index (χ0v) is 17.4. The van der Waals surface area contributed by atoms with E-state index in [1.165, 1.54) is 6.07 Å². The number of nitrogens with zero attached hydrogens (tertiary/aromatic N) is 3. The molecule has 1 N–H and O–H groups in total. The summed E-state index contributed by atoms with van der Waals surface area (Å²) in [5, 5.41) is 6.79. The van der Waals surface area contributed by atoms with E-state index in [2.05, 4.69) is 31.4 Å². The van der Waals surface area contributed by atoms with Gasteiger partial charge in [-0.15, -0.1) is 0 Å². The number of benzene rings is 2. The lowest BCUT2D eigenvalue weighted by molar-refractivity contribution is -0.116. The maximum Gasteiger partial charge on any atom is 0.274 e. The van der Waals surface area contributed by atoms with Crippen LogP contribution in [-0.2, 0) is 11.3 Å². The molecule has 0 fully saturated rings. The third kappa shape index (κ3) is 3.89. The van der Waals surface area contributed by atoms with Crippen LogP contribution in [-0.4, -0.2) is 27.4 Å². The number of halogens is 2. The van der Waals surface area contributed by atoms with Gasteiger partial charge in [-0.05, 0) is 58.4 Å². The Balaban J connectivity index is 1.32. The number of ether oxygens (including phenoxy) is 2. The highest BCUT2D eigenvalue weighted by Crippen LogP contribution is 2.34. The zero-order chi connectivity index (χ0) is 21.4.